The second-order valence-corrected chi connectivity index (χ2v) is 6.72. The number of nitrogens with zero attached hydrogens (tertiary/aromatic N) is 3. The highest BCUT2D eigenvalue weighted by molar-refractivity contribution is 6.05. The molecule has 1 aromatic heterocycles. The SMILES string of the molecule is CC1CCC(c2ccc3c4n(nc3c2)CCN(C)C4=O)NC1. The normalized spacial score (nSPS) is 25.5. The predicted octanol–water partition coefficient (Wildman–Crippen LogP) is 2.18. The summed E-state index contributed by atoms with van der Waals surface area (Å²) in [5, 5.41) is 9.24. The lowest BCUT2D eigenvalue weighted by Gasteiger charge is -2.28. The summed E-state index contributed by atoms with van der Waals surface area (Å²) in [7, 11) is 1.85. The van der Waals surface area contributed by atoms with Crippen molar-refractivity contribution in [1.82, 2.24) is 20.0 Å². The van der Waals surface area contributed by atoms with Gasteiger partial charge in [0.1, 0.15) is 5.69 Å². The molecule has 22 heavy (non-hydrogen) atoms. The fourth-order valence-electron chi connectivity index (χ4n) is 3.57. The highest BCUT2D eigenvalue weighted by atomic mass is 16.2. The van der Waals surface area contributed by atoms with Crippen LogP contribution in [0.5, 0.6) is 0 Å². The van der Waals surface area contributed by atoms with Crippen LogP contribution in [0.4, 0.5) is 0 Å². The smallest absolute Gasteiger partial charge is 0.272 e. The number of rotatable bonds is 1. The molecule has 0 saturated carbocycles. The molecule has 4 rings (SSSR count). The number of hydrogen-bond acceptors (Lipinski definition) is 3. The quantitative estimate of drug-likeness (QED) is 0.878. The van der Waals surface area contributed by atoms with E-state index in [2.05, 4.69) is 35.5 Å². The number of benzene rings is 1. The molecule has 0 bridgehead atoms. The first-order valence-electron chi connectivity index (χ1n) is 8.13. The lowest BCUT2D eigenvalue weighted by atomic mass is 9.91. The summed E-state index contributed by atoms with van der Waals surface area (Å²) in [4.78, 5) is 14.1. The summed E-state index contributed by atoms with van der Waals surface area (Å²) in [5.41, 5.74) is 2.97. The zero-order valence-corrected chi connectivity index (χ0v) is 13.2. The highest BCUT2D eigenvalue weighted by Crippen LogP contribution is 2.29. The maximum absolute atomic E-state index is 12.4. The van der Waals surface area contributed by atoms with Crippen LogP contribution in [-0.4, -0.2) is 40.7 Å². The lowest BCUT2D eigenvalue weighted by molar-refractivity contribution is 0.0745. The average molecular weight is 298 g/mol. The lowest BCUT2D eigenvalue weighted by Crippen LogP contribution is -2.37. The molecule has 3 heterocycles. The Kier molecular flexibility index (Phi) is 3.18. The largest absolute Gasteiger partial charge is 0.339 e. The summed E-state index contributed by atoms with van der Waals surface area (Å²) < 4.78 is 1.87. The number of nitrogens with one attached hydrogen (secondary N) is 1. The Balaban J connectivity index is 1.72. The third-order valence-corrected chi connectivity index (χ3v) is 5.02. The van der Waals surface area contributed by atoms with E-state index < -0.39 is 0 Å². The third-order valence-electron chi connectivity index (χ3n) is 5.02. The van der Waals surface area contributed by atoms with Gasteiger partial charge in [0.15, 0.2) is 0 Å². The monoisotopic (exact) mass is 298 g/mol. The molecule has 2 aromatic rings. The predicted molar refractivity (Wildman–Crippen MR) is 85.8 cm³/mol. The average Bonchev–Trinajstić information content (AvgIpc) is 2.90. The van der Waals surface area contributed by atoms with Gasteiger partial charge in [-0.2, -0.15) is 5.10 Å². The van der Waals surface area contributed by atoms with Gasteiger partial charge in [-0.15, -0.1) is 0 Å². The van der Waals surface area contributed by atoms with Crippen molar-refractivity contribution < 1.29 is 4.79 Å². The highest BCUT2D eigenvalue weighted by Gasteiger charge is 2.26. The van der Waals surface area contributed by atoms with Gasteiger partial charge in [-0.1, -0.05) is 19.1 Å². The molecule has 2 unspecified atom stereocenters. The minimum atomic E-state index is 0.0751. The van der Waals surface area contributed by atoms with Crippen LogP contribution in [0.15, 0.2) is 18.2 Å². The number of piperidine rings is 1. The summed E-state index contributed by atoms with van der Waals surface area (Å²) in [5.74, 6) is 0.833. The van der Waals surface area contributed by atoms with Crippen LogP contribution >= 0.6 is 0 Å². The molecule has 2 aliphatic rings. The first-order chi connectivity index (χ1) is 10.6. The van der Waals surface area contributed by atoms with Crippen molar-refractivity contribution in [2.45, 2.75) is 32.4 Å². The Morgan fingerprint density at radius 1 is 1.27 bits per heavy atom. The van der Waals surface area contributed by atoms with Gasteiger partial charge in [-0.05, 0) is 36.9 Å². The zero-order valence-electron chi connectivity index (χ0n) is 13.2. The van der Waals surface area contributed by atoms with Crippen LogP contribution in [0, 0.1) is 5.92 Å². The van der Waals surface area contributed by atoms with Crippen molar-refractivity contribution in [3.8, 4) is 0 Å². The van der Waals surface area contributed by atoms with Gasteiger partial charge >= 0.3 is 0 Å². The first kappa shape index (κ1) is 13.8. The van der Waals surface area contributed by atoms with E-state index in [1.54, 1.807) is 4.90 Å². The van der Waals surface area contributed by atoms with Crippen molar-refractivity contribution in [3.05, 3.63) is 29.5 Å². The standard InChI is InChI=1S/C17H22N4O/c1-11-3-6-14(18-10-11)12-4-5-13-15(9-12)19-21-8-7-20(2)17(22)16(13)21/h4-5,9,11,14,18H,3,6-8,10H2,1-2H3. The Bertz CT molecular complexity index is 728. The van der Waals surface area contributed by atoms with Crippen molar-refractivity contribution in [2.75, 3.05) is 20.1 Å². The van der Waals surface area contributed by atoms with Crippen molar-refractivity contribution in [2.24, 2.45) is 5.92 Å². The molecule has 0 radical (unpaired) electrons. The van der Waals surface area contributed by atoms with Crippen molar-refractivity contribution in [3.63, 3.8) is 0 Å². The number of likely N-dealkylation sites (N-methyl/N-ethyl adjacent to an activating group) is 1. The number of aromatic nitrogens is 2. The number of carbonyl (C=O) groups excluding carboxylic acids is 1. The Morgan fingerprint density at radius 3 is 2.91 bits per heavy atom. The van der Waals surface area contributed by atoms with Gasteiger partial charge in [-0.25, -0.2) is 0 Å². The number of amides is 1. The second-order valence-electron chi connectivity index (χ2n) is 6.72. The van der Waals surface area contributed by atoms with Gasteiger partial charge in [0.2, 0.25) is 0 Å². The molecule has 5 heteroatoms. The minimum Gasteiger partial charge on any atom is -0.339 e. The zero-order chi connectivity index (χ0) is 15.3. The molecule has 1 saturated heterocycles. The second kappa shape index (κ2) is 5.09. The van der Waals surface area contributed by atoms with E-state index in [9.17, 15) is 4.79 Å². The molecule has 1 amide bonds. The summed E-state index contributed by atoms with van der Waals surface area (Å²) >= 11 is 0. The van der Waals surface area contributed by atoms with Crippen LogP contribution in [0.2, 0.25) is 0 Å². The van der Waals surface area contributed by atoms with E-state index in [4.69, 9.17) is 0 Å². The van der Waals surface area contributed by atoms with Crippen molar-refractivity contribution >= 4 is 16.8 Å². The number of hydrogen-bond donors (Lipinski definition) is 1. The van der Waals surface area contributed by atoms with Gasteiger partial charge in [0, 0.05) is 25.0 Å². The van der Waals surface area contributed by atoms with Crippen molar-refractivity contribution in [1.29, 1.82) is 0 Å². The maximum atomic E-state index is 12.4. The molecule has 1 N–H and O–H groups in total. The van der Waals surface area contributed by atoms with Crippen LogP contribution in [0.25, 0.3) is 10.9 Å². The first-order valence-corrected chi connectivity index (χ1v) is 8.13. The topological polar surface area (TPSA) is 50.2 Å². The van der Waals surface area contributed by atoms with Crippen LogP contribution in [0.3, 0.4) is 0 Å². The molecule has 0 aliphatic carbocycles. The summed E-state index contributed by atoms with van der Waals surface area (Å²) in [6.07, 6.45) is 2.43. The maximum Gasteiger partial charge on any atom is 0.272 e. The van der Waals surface area contributed by atoms with Gasteiger partial charge in [0.05, 0.1) is 12.1 Å². The van der Waals surface area contributed by atoms with E-state index in [1.165, 1.54) is 18.4 Å². The molecular weight excluding hydrogens is 276 g/mol. The molecule has 2 atom stereocenters. The fraction of sp³-hybridized carbons (Fsp3) is 0.529. The third kappa shape index (κ3) is 2.11. The summed E-state index contributed by atoms with van der Waals surface area (Å²) in [6, 6.07) is 6.79. The molecule has 5 nitrogen and oxygen atoms in total. The Labute approximate surface area is 130 Å². The molecule has 2 aliphatic heterocycles. The molecular formula is C17H22N4O. The van der Waals surface area contributed by atoms with Gasteiger partial charge in [-0.3, -0.25) is 9.48 Å². The molecule has 1 aromatic carbocycles. The minimum absolute atomic E-state index is 0.0751. The number of carbonyl (C=O) groups is 1. The van der Waals surface area contributed by atoms with E-state index in [-0.39, 0.29) is 5.91 Å². The van der Waals surface area contributed by atoms with Crippen LogP contribution in [-0.2, 0) is 6.54 Å². The van der Waals surface area contributed by atoms with E-state index in [1.807, 2.05) is 11.7 Å². The van der Waals surface area contributed by atoms with Gasteiger partial charge in [0.25, 0.3) is 5.91 Å². The molecule has 0 spiro atoms. The fourth-order valence-corrected chi connectivity index (χ4v) is 3.57. The summed E-state index contributed by atoms with van der Waals surface area (Å²) in [6.45, 7) is 4.87. The Hall–Kier alpha value is -1.88. The van der Waals surface area contributed by atoms with Crippen LogP contribution in [0.1, 0.15) is 41.9 Å². The van der Waals surface area contributed by atoms with E-state index in [0.29, 0.717) is 6.04 Å². The molecule has 116 valence electrons. The van der Waals surface area contributed by atoms with E-state index >= 15 is 0 Å². The molecule has 1 fully saturated rings. The van der Waals surface area contributed by atoms with Gasteiger partial charge < -0.3 is 10.2 Å². The van der Waals surface area contributed by atoms with E-state index in [0.717, 1.165) is 42.1 Å². The Morgan fingerprint density at radius 2 is 2.14 bits per heavy atom. The number of fused-ring (bicyclic) bond motifs is 3. The van der Waals surface area contributed by atoms with Crippen LogP contribution < -0.4 is 5.32 Å².